The monoisotopic (exact) mass is 224 g/mol. The predicted octanol–water partition coefficient (Wildman–Crippen LogP) is 1.02. The van der Waals surface area contributed by atoms with Crippen LogP contribution in [0.25, 0.3) is 0 Å². The predicted molar refractivity (Wildman–Crippen MR) is 58.4 cm³/mol. The summed E-state index contributed by atoms with van der Waals surface area (Å²) in [5.74, 6) is 6.54. The van der Waals surface area contributed by atoms with Gasteiger partial charge < -0.3 is 14.3 Å². The van der Waals surface area contributed by atoms with Crippen molar-refractivity contribution in [2.24, 2.45) is 5.90 Å². The molecule has 2 N–H and O–H groups in total. The number of ether oxygens (including phenoxy) is 2. The van der Waals surface area contributed by atoms with Gasteiger partial charge in [-0.25, -0.2) is 10.9 Å². The first-order valence-electron chi connectivity index (χ1n) is 5.16. The zero-order valence-electron chi connectivity index (χ0n) is 9.53. The Balaban J connectivity index is 2.44. The number of rotatable bonds is 5. The molecule has 0 spiro atoms. The molecule has 1 fully saturated rings. The maximum absolute atomic E-state index is 5.34. The van der Waals surface area contributed by atoms with Crippen LogP contribution in [0.5, 0.6) is 11.6 Å². The summed E-state index contributed by atoms with van der Waals surface area (Å²) < 4.78 is 10.6. The lowest BCUT2D eigenvalue weighted by molar-refractivity contribution is 0.114. The summed E-state index contributed by atoms with van der Waals surface area (Å²) in [6.45, 7) is 0.464. The second kappa shape index (κ2) is 4.27. The van der Waals surface area contributed by atoms with Crippen molar-refractivity contribution in [2.75, 3.05) is 20.8 Å². The van der Waals surface area contributed by atoms with E-state index in [1.807, 2.05) is 6.07 Å². The lowest BCUT2D eigenvalue weighted by Crippen LogP contribution is -2.20. The molecular weight excluding hydrogens is 208 g/mol. The van der Waals surface area contributed by atoms with Gasteiger partial charge in [-0.3, -0.25) is 0 Å². The Bertz CT molecular complexity index is 355. The van der Waals surface area contributed by atoms with Gasteiger partial charge in [-0.1, -0.05) is 0 Å². The van der Waals surface area contributed by atoms with Crippen molar-refractivity contribution < 1.29 is 14.3 Å². The average molecular weight is 224 g/mol. The minimum atomic E-state index is -0.0836. The van der Waals surface area contributed by atoms with Crippen molar-refractivity contribution in [1.29, 1.82) is 0 Å². The summed E-state index contributed by atoms with van der Waals surface area (Å²) in [4.78, 5) is 8.98. The van der Waals surface area contributed by atoms with Gasteiger partial charge in [-0.15, -0.1) is 0 Å². The quantitative estimate of drug-likeness (QED) is 0.756. The summed E-state index contributed by atoms with van der Waals surface area (Å²) in [6.07, 6.45) is 3.70. The highest BCUT2D eigenvalue weighted by molar-refractivity contribution is 5.49. The van der Waals surface area contributed by atoms with E-state index in [-0.39, 0.29) is 5.41 Å². The molecule has 0 unspecified atom stereocenters. The number of hydrogen-bond acceptors (Lipinski definition) is 5. The van der Waals surface area contributed by atoms with Crippen molar-refractivity contribution in [2.45, 2.75) is 18.3 Å². The molecule has 0 saturated heterocycles. The van der Waals surface area contributed by atoms with Crippen LogP contribution in [0, 0.1) is 0 Å². The summed E-state index contributed by atoms with van der Waals surface area (Å²) >= 11 is 0. The van der Waals surface area contributed by atoms with Crippen molar-refractivity contribution in [3.63, 3.8) is 0 Å². The molecule has 1 heterocycles. The van der Waals surface area contributed by atoms with E-state index >= 15 is 0 Å². The van der Waals surface area contributed by atoms with Crippen LogP contribution in [-0.2, 0) is 10.3 Å². The average Bonchev–Trinajstić information content (AvgIpc) is 3.09. The van der Waals surface area contributed by atoms with Gasteiger partial charge >= 0.3 is 0 Å². The Morgan fingerprint density at radius 2 is 2.12 bits per heavy atom. The van der Waals surface area contributed by atoms with E-state index in [0.717, 1.165) is 24.2 Å². The normalized spacial score (nSPS) is 16.9. The molecule has 88 valence electrons. The maximum Gasteiger partial charge on any atom is 0.220 e. The first-order valence-corrected chi connectivity index (χ1v) is 5.16. The molecule has 0 aromatic carbocycles. The molecule has 0 amide bonds. The van der Waals surface area contributed by atoms with Crippen molar-refractivity contribution >= 4 is 0 Å². The van der Waals surface area contributed by atoms with Crippen molar-refractivity contribution in [3.05, 3.63) is 17.8 Å². The van der Waals surface area contributed by atoms with Crippen LogP contribution < -0.4 is 15.4 Å². The second-order valence-electron chi connectivity index (χ2n) is 3.99. The van der Waals surface area contributed by atoms with E-state index in [4.69, 9.17) is 20.2 Å². The number of nitrogens with two attached hydrogens (primary N) is 1. The van der Waals surface area contributed by atoms with Gasteiger partial charge in [0, 0.05) is 11.6 Å². The highest BCUT2D eigenvalue weighted by atomic mass is 16.6. The van der Waals surface area contributed by atoms with Gasteiger partial charge in [0.15, 0.2) is 0 Å². The number of methoxy groups -OCH3 is 2. The van der Waals surface area contributed by atoms with Gasteiger partial charge in [-0.2, -0.15) is 0 Å². The van der Waals surface area contributed by atoms with Crippen molar-refractivity contribution in [3.8, 4) is 11.6 Å². The topological polar surface area (TPSA) is 66.6 Å². The number of hydrogen-bond donors (Lipinski definition) is 1. The Kier molecular flexibility index (Phi) is 2.98. The number of pyridine rings is 1. The fourth-order valence-corrected chi connectivity index (χ4v) is 2.02. The molecule has 1 saturated carbocycles. The summed E-state index contributed by atoms with van der Waals surface area (Å²) in [5, 5.41) is 0. The van der Waals surface area contributed by atoms with Gasteiger partial charge in [0.2, 0.25) is 5.88 Å². The minimum absolute atomic E-state index is 0.0836. The zero-order valence-corrected chi connectivity index (χ0v) is 9.53. The third-order valence-corrected chi connectivity index (χ3v) is 3.03. The molecular formula is C11H16N2O3. The Morgan fingerprint density at radius 1 is 1.38 bits per heavy atom. The minimum Gasteiger partial charge on any atom is -0.496 e. The molecule has 0 atom stereocenters. The maximum atomic E-state index is 5.34. The molecule has 0 bridgehead atoms. The number of aromatic nitrogens is 1. The first kappa shape index (κ1) is 11.2. The van der Waals surface area contributed by atoms with E-state index in [1.165, 1.54) is 0 Å². The molecule has 0 aliphatic heterocycles. The van der Waals surface area contributed by atoms with Gasteiger partial charge in [0.1, 0.15) is 5.75 Å². The standard InChI is InChI=1S/C11H16N2O3/c1-14-8-3-6-13-10(15-2)9(8)11(4-5-11)7-16-12/h3,6H,4-5,7,12H2,1-2H3. The van der Waals surface area contributed by atoms with E-state index < -0.39 is 0 Å². The third-order valence-electron chi connectivity index (χ3n) is 3.03. The van der Waals surface area contributed by atoms with Gasteiger partial charge in [-0.05, 0) is 18.9 Å². The molecule has 2 rings (SSSR count). The number of nitrogens with zero attached hydrogens (tertiary/aromatic N) is 1. The van der Waals surface area contributed by atoms with Crippen LogP contribution in [0.1, 0.15) is 18.4 Å². The van der Waals surface area contributed by atoms with Crippen LogP contribution in [0.2, 0.25) is 0 Å². The van der Waals surface area contributed by atoms with E-state index in [0.29, 0.717) is 12.5 Å². The molecule has 5 heteroatoms. The highest BCUT2D eigenvalue weighted by Crippen LogP contribution is 2.53. The van der Waals surface area contributed by atoms with E-state index in [2.05, 4.69) is 4.98 Å². The fourth-order valence-electron chi connectivity index (χ4n) is 2.02. The van der Waals surface area contributed by atoms with Crippen LogP contribution in [0.3, 0.4) is 0 Å². The molecule has 5 nitrogen and oxygen atoms in total. The summed E-state index contributed by atoms with van der Waals surface area (Å²) in [6, 6.07) is 1.83. The summed E-state index contributed by atoms with van der Waals surface area (Å²) in [7, 11) is 3.24. The van der Waals surface area contributed by atoms with E-state index in [9.17, 15) is 0 Å². The Labute approximate surface area is 94.5 Å². The largest absolute Gasteiger partial charge is 0.496 e. The first-order chi connectivity index (χ1) is 7.77. The molecule has 1 aromatic rings. The molecule has 1 aliphatic carbocycles. The molecule has 16 heavy (non-hydrogen) atoms. The Morgan fingerprint density at radius 3 is 2.62 bits per heavy atom. The lowest BCUT2D eigenvalue weighted by Gasteiger charge is -2.19. The van der Waals surface area contributed by atoms with Crippen LogP contribution in [-0.4, -0.2) is 25.8 Å². The van der Waals surface area contributed by atoms with Crippen LogP contribution in [0.4, 0.5) is 0 Å². The Hall–Kier alpha value is -1.33. The SMILES string of the molecule is COc1ccnc(OC)c1C1(CON)CC1. The zero-order chi connectivity index (χ0) is 11.6. The fraction of sp³-hybridized carbons (Fsp3) is 0.545. The second-order valence-corrected chi connectivity index (χ2v) is 3.99. The smallest absolute Gasteiger partial charge is 0.220 e. The highest BCUT2D eigenvalue weighted by Gasteiger charge is 2.49. The van der Waals surface area contributed by atoms with Crippen LogP contribution in [0.15, 0.2) is 12.3 Å². The summed E-state index contributed by atoms with van der Waals surface area (Å²) in [5.41, 5.74) is 0.880. The molecule has 0 radical (unpaired) electrons. The third kappa shape index (κ3) is 1.72. The van der Waals surface area contributed by atoms with Gasteiger partial charge in [0.25, 0.3) is 0 Å². The van der Waals surface area contributed by atoms with E-state index in [1.54, 1.807) is 20.4 Å². The lowest BCUT2D eigenvalue weighted by atomic mass is 9.97. The van der Waals surface area contributed by atoms with Gasteiger partial charge in [0.05, 0.1) is 26.4 Å². The van der Waals surface area contributed by atoms with Crippen LogP contribution >= 0.6 is 0 Å². The molecule has 1 aliphatic rings. The molecule has 1 aromatic heterocycles. The van der Waals surface area contributed by atoms with Crippen molar-refractivity contribution in [1.82, 2.24) is 4.98 Å².